The summed E-state index contributed by atoms with van der Waals surface area (Å²) in [5, 5.41) is 15.1. The molecule has 4 heteroatoms. The highest BCUT2D eigenvalue weighted by Gasteiger charge is 2.10. The highest BCUT2D eigenvalue weighted by atomic mass is 16.3. The quantitative estimate of drug-likeness (QED) is 0.581. The van der Waals surface area contributed by atoms with E-state index in [1.54, 1.807) is 0 Å². The SMILES string of the molecule is CCC(O)CNCC(=O)NC(C)C(C)C. The minimum Gasteiger partial charge on any atom is -0.392 e. The second-order valence-corrected chi connectivity index (χ2v) is 4.29. The third-order valence-corrected chi connectivity index (χ3v) is 2.53. The van der Waals surface area contributed by atoms with Crippen LogP contribution in [-0.2, 0) is 4.79 Å². The zero-order valence-electron chi connectivity index (χ0n) is 10.2. The van der Waals surface area contributed by atoms with Crippen LogP contribution in [0.4, 0.5) is 0 Å². The molecule has 0 saturated heterocycles. The van der Waals surface area contributed by atoms with E-state index in [0.717, 1.165) is 0 Å². The smallest absolute Gasteiger partial charge is 0.234 e. The van der Waals surface area contributed by atoms with E-state index in [1.807, 2.05) is 13.8 Å². The van der Waals surface area contributed by atoms with Crippen LogP contribution in [0.2, 0.25) is 0 Å². The first kappa shape index (κ1) is 14.4. The van der Waals surface area contributed by atoms with Crippen molar-refractivity contribution < 1.29 is 9.90 Å². The van der Waals surface area contributed by atoms with E-state index in [0.29, 0.717) is 18.9 Å². The van der Waals surface area contributed by atoms with Gasteiger partial charge in [-0.2, -0.15) is 0 Å². The highest BCUT2D eigenvalue weighted by Crippen LogP contribution is 1.98. The van der Waals surface area contributed by atoms with Crippen LogP contribution in [0.25, 0.3) is 0 Å². The van der Waals surface area contributed by atoms with Gasteiger partial charge in [0.1, 0.15) is 0 Å². The fourth-order valence-corrected chi connectivity index (χ4v) is 0.968. The van der Waals surface area contributed by atoms with E-state index in [2.05, 4.69) is 24.5 Å². The van der Waals surface area contributed by atoms with Crippen molar-refractivity contribution in [3.8, 4) is 0 Å². The van der Waals surface area contributed by atoms with Crippen molar-refractivity contribution in [2.24, 2.45) is 5.92 Å². The van der Waals surface area contributed by atoms with E-state index in [-0.39, 0.29) is 24.6 Å². The molecule has 1 amide bonds. The summed E-state index contributed by atoms with van der Waals surface area (Å²) >= 11 is 0. The molecule has 2 atom stereocenters. The van der Waals surface area contributed by atoms with Crippen molar-refractivity contribution in [3.63, 3.8) is 0 Å². The van der Waals surface area contributed by atoms with Crippen molar-refractivity contribution in [1.29, 1.82) is 0 Å². The minimum absolute atomic E-state index is 0.0143. The zero-order valence-corrected chi connectivity index (χ0v) is 10.2. The van der Waals surface area contributed by atoms with E-state index in [1.165, 1.54) is 0 Å². The molecule has 0 aromatic rings. The molecule has 0 aliphatic rings. The number of carbonyl (C=O) groups excluding carboxylic acids is 1. The molecule has 0 radical (unpaired) electrons. The lowest BCUT2D eigenvalue weighted by Crippen LogP contribution is -2.42. The van der Waals surface area contributed by atoms with Gasteiger partial charge < -0.3 is 15.7 Å². The Balaban J connectivity index is 3.58. The lowest BCUT2D eigenvalue weighted by Gasteiger charge is -2.17. The molecular weight excluding hydrogens is 192 g/mol. The van der Waals surface area contributed by atoms with Gasteiger partial charge in [0.15, 0.2) is 0 Å². The van der Waals surface area contributed by atoms with E-state index >= 15 is 0 Å². The first-order valence-corrected chi connectivity index (χ1v) is 5.65. The van der Waals surface area contributed by atoms with Crippen molar-refractivity contribution in [1.82, 2.24) is 10.6 Å². The number of hydrogen-bond donors (Lipinski definition) is 3. The molecule has 0 rings (SSSR count). The molecule has 0 heterocycles. The average molecular weight is 216 g/mol. The van der Waals surface area contributed by atoms with Gasteiger partial charge in [-0.15, -0.1) is 0 Å². The predicted octanol–water partition coefficient (Wildman–Crippen LogP) is 0.508. The number of aliphatic hydroxyl groups excluding tert-OH is 1. The maximum Gasteiger partial charge on any atom is 0.234 e. The molecule has 2 unspecified atom stereocenters. The summed E-state index contributed by atoms with van der Waals surface area (Å²) in [5.74, 6) is 0.426. The summed E-state index contributed by atoms with van der Waals surface area (Å²) in [7, 11) is 0. The first-order valence-electron chi connectivity index (χ1n) is 5.65. The Morgan fingerprint density at radius 1 is 1.33 bits per heavy atom. The molecule has 0 aliphatic heterocycles. The van der Waals surface area contributed by atoms with Gasteiger partial charge in [-0.25, -0.2) is 0 Å². The van der Waals surface area contributed by atoms with Crippen molar-refractivity contribution in [2.75, 3.05) is 13.1 Å². The van der Waals surface area contributed by atoms with Crippen LogP contribution in [-0.4, -0.2) is 36.2 Å². The van der Waals surface area contributed by atoms with Crippen molar-refractivity contribution in [3.05, 3.63) is 0 Å². The predicted molar refractivity (Wildman–Crippen MR) is 61.6 cm³/mol. The summed E-state index contributed by atoms with van der Waals surface area (Å²) in [6, 6.07) is 0.190. The third kappa shape index (κ3) is 7.33. The van der Waals surface area contributed by atoms with Crippen LogP contribution in [0, 0.1) is 5.92 Å². The lowest BCUT2D eigenvalue weighted by molar-refractivity contribution is -0.121. The summed E-state index contributed by atoms with van der Waals surface area (Å²) < 4.78 is 0. The van der Waals surface area contributed by atoms with E-state index in [9.17, 15) is 9.90 Å². The molecule has 0 bridgehead atoms. The standard InChI is InChI=1S/C11H24N2O2/c1-5-10(14)6-12-7-11(15)13-9(4)8(2)3/h8-10,12,14H,5-7H2,1-4H3,(H,13,15). The van der Waals surface area contributed by atoms with Gasteiger partial charge >= 0.3 is 0 Å². The molecule has 0 fully saturated rings. The van der Waals surface area contributed by atoms with Crippen LogP contribution in [0.5, 0.6) is 0 Å². The van der Waals surface area contributed by atoms with Gasteiger partial charge in [-0.1, -0.05) is 20.8 Å². The molecule has 0 aromatic carbocycles. The summed E-state index contributed by atoms with van der Waals surface area (Å²) in [5.41, 5.74) is 0. The molecule has 15 heavy (non-hydrogen) atoms. The monoisotopic (exact) mass is 216 g/mol. The van der Waals surface area contributed by atoms with Gasteiger partial charge in [0.25, 0.3) is 0 Å². The van der Waals surface area contributed by atoms with Gasteiger partial charge in [-0.3, -0.25) is 4.79 Å². The number of rotatable bonds is 7. The largest absolute Gasteiger partial charge is 0.392 e. The van der Waals surface area contributed by atoms with Crippen LogP contribution in [0.15, 0.2) is 0 Å². The summed E-state index contributed by atoms with van der Waals surface area (Å²) in [6.45, 7) is 8.78. The van der Waals surface area contributed by atoms with Crippen LogP contribution in [0.3, 0.4) is 0 Å². The van der Waals surface area contributed by atoms with Gasteiger partial charge in [0, 0.05) is 12.6 Å². The summed E-state index contributed by atoms with van der Waals surface area (Å²) in [4.78, 5) is 11.4. The molecule has 0 spiro atoms. The number of carbonyl (C=O) groups is 1. The maximum absolute atomic E-state index is 11.4. The minimum atomic E-state index is -0.361. The Kier molecular flexibility index (Phi) is 7.34. The number of amides is 1. The van der Waals surface area contributed by atoms with Crippen LogP contribution < -0.4 is 10.6 Å². The van der Waals surface area contributed by atoms with Crippen molar-refractivity contribution in [2.45, 2.75) is 46.3 Å². The molecule has 3 N–H and O–H groups in total. The second-order valence-electron chi connectivity index (χ2n) is 4.29. The topological polar surface area (TPSA) is 61.4 Å². The van der Waals surface area contributed by atoms with Gasteiger partial charge in [0.05, 0.1) is 12.6 Å². The Morgan fingerprint density at radius 2 is 1.93 bits per heavy atom. The van der Waals surface area contributed by atoms with Crippen molar-refractivity contribution >= 4 is 5.91 Å². The number of nitrogens with one attached hydrogen (secondary N) is 2. The molecule has 0 aliphatic carbocycles. The van der Waals surface area contributed by atoms with Crippen LogP contribution >= 0.6 is 0 Å². The lowest BCUT2D eigenvalue weighted by atomic mass is 10.1. The molecule has 0 saturated carbocycles. The zero-order chi connectivity index (χ0) is 11.8. The van der Waals surface area contributed by atoms with E-state index in [4.69, 9.17) is 0 Å². The second kappa shape index (κ2) is 7.65. The third-order valence-electron chi connectivity index (χ3n) is 2.53. The molecule has 0 aromatic heterocycles. The van der Waals surface area contributed by atoms with E-state index < -0.39 is 0 Å². The number of hydrogen-bond acceptors (Lipinski definition) is 3. The van der Waals surface area contributed by atoms with Gasteiger partial charge in [0.2, 0.25) is 5.91 Å². The fraction of sp³-hybridized carbons (Fsp3) is 0.909. The maximum atomic E-state index is 11.4. The Hall–Kier alpha value is -0.610. The summed E-state index contributed by atoms with van der Waals surface area (Å²) in [6.07, 6.45) is 0.345. The highest BCUT2D eigenvalue weighted by molar-refractivity contribution is 5.78. The van der Waals surface area contributed by atoms with Gasteiger partial charge in [-0.05, 0) is 19.3 Å². The number of aliphatic hydroxyl groups is 1. The normalized spacial score (nSPS) is 15.1. The fourth-order valence-electron chi connectivity index (χ4n) is 0.968. The Labute approximate surface area is 92.4 Å². The Morgan fingerprint density at radius 3 is 2.40 bits per heavy atom. The molecular formula is C11H24N2O2. The van der Waals surface area contributed by atoms with Crippen LogP contribution in [0.1, 0.15) is 34.1 Å². The Bertz CT molecular complexity index is 183. The molecule has 90 valence electrons. The first-order chi connectivity index (χ1) is 6.97. The molecule has 4 nitrogen and oxygen atoms in total. The average Bonchev–Trinajstić information content (AvgIpc) is 2.17.